The fourth-order valence-corrected chi connectivity index (χ4v) is 2.82. The molecule has 29 heavy (non-hydrogen) atoms. The molecule has 0 aliphatic carbocycles. The molecule has 1 aromatic heterocycles. The summed E-state index contributed by atoms with van der Waals surface area (Å²) in [6.07, 6.45) is 0.879. The first-order chi connectivity index (χ1) is 14.0. The van der Waals surface area contributed by atoms with Crippen molar-refractivity contribution in [2.45, 2.75) is 13.3 Å². The van der Waals surface area contributed by atoms with Gasteiger partial charge in [0.05, 0.1) is 0 Å². The topological polar surface area (TPSA) is 70.2 Å². The highest BCUT2D eigenvalue weighted by atomic mass is 16.1. The van der Waals surface area contributed by atoms with Crippen molar-refractivity contribution in [3.8, 4) is 11.4 Å². The van der Waals surface area contributed by atoms with Gasteiger partial charge in [0, 0.05) is 23.9 Å². The quantitative estimate of drug-likeness (QED) is 0.572. The lowest BCUT2D eigenvalue weighted by atomic mass is 10.2. The van der Waals surface area contributed by atoms with Crippen LogP contribution >= 0.6 is 0 Å². The van der Waals surface area contributed by atoms with Crippen molar-refractivity contribution >= 4 is 17.4 Å². The Bertz CT molecular complexity index is 939. The number of anilines is 2. The first kappa shape index (κ1) is 20.5. The van der Waals surface area contributed by atoms with Crippen LogP contribution in [-0.4, -0.2) is 48.0 Å². The van der Waals surface area contributed by atoms with Gasteiger partial charge in [-0.1, -0.05) is 48.0 Å². The van der Waals surface area contributed by atoms with E-state index in [-0.39, 0.29) is 5.91 Å². The minimum Gasteiger partial charge on any atom is -0.351 e. The highest BCUT2D eigenvalue weighted by Gasteiger charge is 2.13. The van der Waals surface area contributed by atoms with Crippen molar-refractivity contribution in [2.24, 2.45) is 0 Å². The molecule has 6 heteroatoms. The van der Waals surface area contributed by atoms with Crippen molar-refractivity contribution < 1.29 is 4.79 Å². The standard InChI is InChI=1S/C23H27N5O/c1-17-10-12-19(13-11-17)25-21-16-20(23(29)24-14-7-15-28(2)3)26-22(27-21)18-8-5-4-6-9-18/h4-6,8-13,16H,7,14-15H2,1-3H3,(H,24,29)(H,25,26,27). The summed E-state index contributed by atoms with van der Waals surface area (Å²) in [5.74, 6) is 0.901. The zero-order valence-corrected chi connectivity index (χ0v) is 17.1. The van der Waals surface area contributed by atoms with E-state index < -0.39 is 0 Å². The Hall–Kier alpha value is -3.25. The predicted octanol–water partition coefficient (Wildman–Crippen LogP) is 3.88. The number of benzene rings is 2. The van der Waals surface area contributed by atoms with Crippen molar-refractivity contribution in [1.29, 1.82) is 0 Å². The average molecular weight is 390 g/mol. The molecule has 2 aromatic carbocycles. The molecular formula is C23H27N5O. The van der Waals surface area contributed by atoms with Gasteiger partial charge in [-0.15, -0.1) is 0 Å². The SMILES string of the molecule is Cc1ccc(Nc2cc(C(=O)NCCCN(C)C)nc(-c3ccccc3)n2)cc1. The van der Waals surface area contributed by atoms with Crippen molar-refractivity contribution in [2.75, 3.05) is 32.5 Å². The number of aryl methyl sites for hydroxylation is 1. The maximum Gasteiger partial charge on any atom is 0.270 e. The van der Waals surface area contributed by atoms with Crippen LogP contribution in [0.2, 0.25) is 0 Å². The second kappa shape index (κ2) is 9.80. The Kier molecular flexibility index (Phi) is 6.92. The van der Waals surface area contributed by atoms with E-state index >= 15 is 0 Å². The summed E-state index contributed by atoms with van der Waals surface area (Å²) in [4.78, 5) is 23.9. The number of rotatable bonds is 8. The number of amides is 1. The van der Waals surface area contributed by atoms with E-state index in [4.69, 9.17) is 0 Å². The van der Waals surface area contributed by atoms with Crippen LogP contribution in [0.1, 0.15) is 22.5 Å². The molecule has 0 aliphatic heterocycles. The lowest BCUT2D eigenvalue weighted by Crippen LogP contribution is -2.28. The summed E-state index contributed by atoms with van der Waals surface area (Å²) in [5, 5.41) is 6.23. The third kappa shape index (κ3) is 6.12. The van der Waals surface area contributed by atoms with Gasteiger partial charge in [0.15, 0.2) is 5.82 Å². The van der Waals surface area contributed by atoms with E-state index in [1.54, 1.807) is 6.07 Å². The largest absolute Gasteiger partial charge is 0.351 e. The number of hydrogen-bond acceptors (Lipinski definition) is 5. The van der Waals surface area contributed by atoms with Gasteiger partial charge in [-0.2, -0.15) is 0 Å². The van der Waals surface area contributed by atoms with Gasteiger partial charge in [-0.3, -0.25) is 4.79 Å². The molecule has 0 unspecified atom stereocenters. The molecule has 2 N–H and O–H groups in total. The third-order valence-electron chi connectivity index (χ3n) is 4.38. The fourth-order valence-electron chi connectivity index (χ4n) is 2.82. The monoisotopic (exact) mass is 389 g/mol. The Labute approximate surface area is 172 Å². The smallest absolute Gasteiger partial charge is 0.270 e. The number of nitrogens with one attached hydrogen (secondary N) is 2. The molecule has 0 aliphatic rings. The summed E-state index contributed by atoms with van der Waals surface area (Å²) >= 11 is 0. The summed E-state index contributed by atoms with van der Waals surface area (Å²) in [6, 6.07) is 19.4. The molecule has 0 bridgehead atoms. The molecule has 6 nitrogen and oxygen atoms in total. The second-order valence-corrected chi connectivity index (χ2v) is 7.23. The van der Waals surface area contributed by atoms with Gasteiger partial charge in [0.25, 0.3) is 5.91 Å². The van der Waals surface area contributed by atoms with Gasteiger partial charge in [-0.25, -0.2) is 9.97 Å². The van der Waals surface area contributed by atoms with Crippen LogP contribution in [0.25, 0.3) is 11.4 Å². The van der Waals surface area contributed by atoms with Crippen molar-refractivity contribution in [1.82, 2.24) is 20.2 Å². The summed E-state index contributed by atoms with van der Waals surface area (Å²) in [7, 11) is 4.03. The Morgan fingerprint density at radius 3 is 2.41 bits per heavy atom. The molecule has 3 rings (SSSR count). The summed E-state index contributed by atoms with van der Waals surface area (Å²) in [5.41, 5.74) is 3.30. The van der Waals surface area contributed by atoms with E-state index in [9.17, 15) is 4.79 Å². The maximum atomic E-state index is 12.7. The first-order valence-electron chi connectivity index (χ1n) is 9.72. The zero-order valence-electron chi connectivity index (χ0n) is 17.1. The molecule has 3 aromatic rings. The van der Waals surface area contributed by atoms with Gasteiger partial charge >= 0.3 is 0 Å². The van der Waals surface area contributed by atoms with Crippen LogP contribution in [0, 0.1) is 6.92 Å². The average Bonchev–Trinajstić information content (AvgIpc) is 2.73. The van der Waals surface area contributed by atoms with E-state index in [1.807, 2.05) is 75.6 Å². The molecule has 0 radical (unpaired) electrons. The Morgan fingerprint density at radius 2 is 1.72 bits per heavy atom. The van der Waals surface area contributed by atoms with Crippen LogP contribution in [0.4, 0.5) is 11.5 Å². The summed E-state index contributed by atoms with van der Waals surface area (Å²) < 4.78 is 0. The van der Waals surface area contributed by atoms with E-state index in [0.29, 0.717) is 23.9 Å². The molecule has 0 fully saturated rings. The zero-order chi connectivity index (χ0) is 20.6. The minimum absolute atomic E-state index is 0.199. The number of nitrogens with zero attached hydrogens (tertiary/aromatic N) is 3. The molecule has 0 atom stereocenters. The lowest BCUT2D eigenvalue weighted by molar-refractivity contribution is 0.0947. The van der Waals surface area contributed by atoms with Crippen molar-refractivity contribution in [3.05, 3.63) is 71.9 Å². The Morgan fingerprint density at radius 1 is 1.00 bits per heavy atom. The molecule has 150 valence electrons. The predicted molar refractivity (Wildman–Crippen MR) is 117 cm³/mol. The molecule has 1 amide bonds. The summed E-state index contributed by atoms with van der Waals surface area (Å²) in [6.45, 7) is 3.56. The van der Waals surface area contributed by atoms with E-state index in [1.165, 1.54) is 5.56 Å². The maximum absolute atomic E-state index is 12.7. The number of carbonyl (C=O) groups is 1. The molecule has 0 saturated carbocycles. The van der Waals surface area contributed by atoms with Crippen LogP contribution in [-0.2, 0) is 0 Å². The third-order valence-corrected chi connectivity index (χ3v) is 4.38. The fraction of sp³-hybridized carbons (Fsp3) is 0.261. The van der Waals surface area contributed by atoms with Crippen LogP contribution < -0.4 is 10.6 Å². The molecule has 0 saturated heterocycles. The number of aromatic nitrogens is 2. The highest BCUT2D eigenvalue weighted by molar-refractivity contribution is 5.93. The highest BCUT2D eigenvalue weighted by Crippen LogP contribution is 2.21. The van der Waals surface area contributed by atoms with Gasteiger partial charge in [0.1, 0.15) is 11.5 Å². The normalized spacial score (nSPS) is 10.8. The molecule has 0 spiro atoms. The number of hydrogen-bond donors (Lipinski definition) is 2. The van der Waals surface area contributed by atoms with Gasteiger partial charge in [-0.05, 0) is 46.1 Å². The van der Waals surface area contributed by atoms with Gasteiger partial charge < -0.3 is 15.5 Å². The number of carbonyl (C=O) groups excluding carboxylic acids is 1. The van der Waals surface area contributed by atoms with Crippen LogP contribution in [0.15, 0.2) is 60.7 Å². The van der Waals surface area contributed by atoms with Crippen molar-refractivity contribution in [3.63, 3.8) is 0 Å². The lowest BCUT2D eigenvalue weighted by Gasteiger charge is -2.12. The second-order valence-electron chi connectivity index (χ2n) is 7.23. The van der Waals surface area contributed by atoms with E-state index in [0.717, 1.165) is 24.2 Å². The van der Waals surface area contributed by atoms with E-state index in [2.05, 4.69) is 25.5 Å². The Balaban J connectivity index is 1.84. The molecular weight excluding hydrogens is 362 g/mol. The van der Waals surface area contributed by atoms with Gasteiger partial charge in [0.2, 0.25) is 0 Å². The minimum atomic E-state index is -0.199. The van der Waals surface area contributed by atoms with Crippen LogP contribution in [0.5, 0.6) is 0 Å². The first-order valence-corrected chi connectivity index (χ1v) is 9.72. The van der Waals surface area contributed by atoms with Crippen LogP contribution in [0.3, 0.4) is 0 Å². The molecule has 1 heterocycles.